The van der Waals surface area contributed by atoms with E-state index >= 15 is 0 Å². The van der Waals surface area contributed by atoms with Crippen LogP contribution in [0, 0.1) is 12.7 Å². The third kappa shape index (κ3) is 3.19. The van der Waals surface area contributed by atoms with Crippen molar-refractivity contribution >= 4 is 34.1 Å². The van der Waals surface area contributed by atoms with Crippen LogP contribution in [0.5, 0.6) is 11.5 Å². The number of fused-ring (bicyclic) bond motifs is 4. The molecule has 0 atom stereocenters. The van der Waals surface area contributed by atoms with E-state index in [9.17, 15) is 9.18 Å². The summed E-state index contributed by atoms with van der Waals surface area (Å²) in [4.78, 5) is 12.5. The standard InChI is InChI=1S/C21H16FN3O3S/c1-12-8-14-9-18-19(28-7-6-27-18)10-16(14)25-20(12)23-24-21(25)29-11-17(26)13-2-4-15(22)5-3-13/h2-5,8-10H,6-7,11H2,1H3. The fourth-order valence-electron chi connectivity index (χ4n) is 3.39. The van der Waals surface area contributed by atoms with Crippen LogP contribution in [0.4, 0.5) is 4.39 Å². The number of rotatable bonds is 4. The molecule has 2 aromatic carbocycles. The quantitative estimate of drug-likeness (QED) is 0.374. The molecular formula is C21H16FN3O3S. The predicted molar refractivity (Wildman–Crippen MR) is 108 cm³/mol. The van der Waals surface area contributed by atoms with E-state index in [1.54, 1.807) is 0 Å². The number of carbonyl (C=O) groups excluding carboxylic acids is 1. The molecule has 4 aromatic rings. The Hall–Kier alpha value is -3.13. The molecule has 0 amide bonds. The number of nitrogens with zero attached hydrogens (tertiary/aromatic N) is 3. The Morgan fingerprint density at radius 3 is 2.59 bits per heavy atom. The van der Waals surface area contributed by atoms with Gasteiger partial charge in [-0.05, 0) is 48.9 Å². The molecule has 0 N–H and O–H groups in total. The van der Waals surface area contributed by atoms with Gasteiger partial charge in [-0.3, -0.25) is 9.20 Å². The molecule has 1 aliphatic rings. The maximum absolute atomic E-state index is 13.1. The third-order valence-corrected chi connectivity index (χ3v) is 5.72. The molecule has 3 heterocycles. The summed E-state index contributed by atoms with van der Waals surface area (Å²) in [6, 6.07) is 11.5. The molecular weight excluding hydrogens is 393 g/mol. The molecule has 0 fully saturated rings. The molecule has 0 bridgehead atoms. The lowest BCUT2D eigenvalue weighted by Crippen LogP contribution is -2.15. The van der Waals surface area contributed by atoms with Crippen LogP contribution in [0.3, 0.4) is 0 Å². The van der Waals surface area contributed by atoms with Gasteiger partial charge in [-0.2, -0.15) is 0 Å². The first-order valence-corrected chi connectivity index (χ1v) is 10.1. The molecule has 0 spiro atoms. The van der Waals surface area contributed by atoms with E-state index < -0.39 is 0 Å². The largest absolute Gasteiger partial charge is 0.486 e. The highest BCUT2D eigenvalue weighted by Gasteiger charge is 2.18. The molecule has 8 heteroatoms. The Morgan fingerprint density at radius 2 is 1.83 bits per heavy atom. The molecule has 6 nitrogen and oxygen atoms in total. The Bertz CT molecular complexity index is 1250. The number of Topliss-reactive ketones (excluding diaryl/α,β-unsaturated/α-hetero) is 1. The van der Waals surface area contributed by atoms with E-state index in [1.165, 1.54) is 36.0 Å². The number of ether oxygens (including phenoxy) is 2. The average Bonchev–Trinajstić information content (AvgIpc) is 3.16. The van der Waals surface area contributed by atoms with Crippen molar-refractivity contribution in [2.24, 2.45) is 0 Å². The second kappa shape index (κ2) is 7.04. The summed E-state index contributed by atoms with van der Waals surface area (Å²) in [6.45, 7) is 3.00. The number of aryl methyl sites for hydroxylation is 1. The molecule has 1 aliphatic heterocycles. The van der Waals surface area contributed by atoms with Gasteiger partial charge in [0.2, 0.25) is 0 Å². The number of halogens is 1. The average molecular weight is 409 g/mol. The van der Waals surface area contributed by atoms with Gasteiger partial charge in [0.25, 0.3) is 0 Å². The topological polar surface area (TPSA) is 65.7 Å². The van der Waals surface area contributed by atoms with E-state index in [0.29, 0.717) is 29.7 Å². The molecule has 2 aromatic heterocycles. The first kappa shape index (κ1) is 17.9. The molecule has 29 heavy (non-hydrogen) atoms. The van der Waals surface area contributed by atoms with Gasteiger partial charge >= 0.3 is 0 Å². The minimum absolute atomic E-state index is 0.0992. The molecule has 0 unspecified atom stereocenters. The van der Waals surface area contributed by atoms with Crippen molar-refractivity contribution in [3.8, 4) is 11.5 Å². The Labute approximate surface area is 169 Å². The van der Waals surface area contributed by atoms with E-state index in [4.69, 9.17) is 9.47 Å². The second-order valence-corrected chi connectivity index (χ2v) is 7.68. The van der Waals surface area contributed by atoms with Crippen LogP contribution in [-0.2, 0) is 0 Å². The Morgan fingerprint density at radius 1 is 1.10 bits per heavy atom. The van der Waals surface area contributed by atoms with Crippen LogP contribution >= 0.6 is 11.8 Å². The van der Waals surface area contributed by atoms with E-state index in [-0.39, 0.29) is 17.4 Å². The monoisotopic (exact) mass is 409 g/mol. The van der Waals surface area contributed by atoms with Crippen LogP contribution in [0.25, 0.3) is 16.6 Å². The Balaban J connectivity index is 1.53. The van der Waals surface area contributed by atoms with E-state index in [2.05, 4.69) is 10.2 Å². The highest BCUT2D eigenvalue weighted by molar-refractivity contribution is 7.99. The van der Waals surface area contributed by atoms with Gasteiger partial charge in [-0.15, -0.1) is 10.2 Å². The first-order valence-electron chi connectivity index (χ1n) is 9.10. The van der Waals surface area contributed by atoms with Gasteiger partial charge in [-0.25, -0.2) is 4.39 Å². The third-order valence-electron chi connectivity index (χ3n) is 4.79. The highest BCUT2D eigenvalue weighted by atomic mass is 32.2. The van der Waals surface area contributed by atoms with E-state index in [1.807, 2.05) is 29.5 Å². The summed E-state index contributed by atoms with van der Waals surface area (Å²) in [7, 11) is 0. The van der Waals surface area contributed by atoms with Crippen LogP contribution in [0.1, 0.15) is 15.9 Å². The number of benzene rings is 2. The normalized spacial score (nSPS) is 13.2. The van der Waals surface area contributed by atoms with Crippen molar-refractivity contribution < 1.29 is 18.7 Å². The number of aromatic nitrogens is 3. The minimum Gasteiger partial charge on any atom is -0.486 e. The zero-order valence-corrected chi connectivity index (χ0v) is 16.3. The summed E-state index contributed by atoms with van der Waals surface area (Å²) in [5, 5.41) is 10.2. The van der Waals surface area contributed by atoms with Gasteiger partial charge in [0, 0.05) is 17.0 Å². The van der Waals surface area contributed by atoms with Gasteiger partial charge in [0.1, 0.15) is 19.0 Å². The summed E-state index contributed by atoms with van der Waals surface area (Å²) in [6.07, 6.45) is 0. The van der Waals surface area contributed by atoms with Crippen LogP contribution in [-0.4, -0.2) is 39.3 Å². The number of hydrogen-bond acceptors (Lipinski definition) is 6. The van der Waals surface area contributed by atoms with Crippen molar-refractivity contribution in [2.75, 3.05) is 19.0 Å². The molecule has 0 aliphatic carbocycles. The van der Waals surface area contributed by atoms with Crippen molar-refractivity contribution in [2.45, 2.75) is 12.1 Å². The summed E-state index contributed by atoms with van der Waals surface area (Å²) >= 11 is 1.30. The number of hydrogen-bond donors (Lipinski definition) is 0. The van der Waals surface area contributed by atoms with Crippen LogP contribution in [0.2, 0.25) is 0 Å². The summed E-state index contributed by atoms with van der Waals surface area (Å²) < 4.78 is 26.4. The number of ketones is 1. The van der Waals surface area contributed by atoms with Crippen molar-refractivity contribution in [1.29, 1.82) is 0 Å². The maximum atomic E-state index is 13.1. The minimum atomic E-state index is -0.367. The van der Waals surface area contributed by atoms with E-state index in [0.717, 1.165) is 27.9 Å². The molecule has 0 radical (unpaired) electrons. The fourth-order valence-corrected chi connectivity index (χ4v) is 4.23. The van der Waals surface area contributed by atoms with Crippen LogP contribution < -0.4 is 9.47 Å². The summed E-state index contributed by atoms with van der Waals surface area (Å²) in [5.74, 6) is 1.11. The SMILES string of the molecule is Cc1cc2cc3c(cc2n2c(SCC(=O)c4ccc(F)cc4)nnc12)OCCO3. The Kier molecular flexibility index (Phi) is 4.35. The molecule has 5 rings (SSSR count). The molecule has 146 valence electrons. The van der Waals surface area contributed by atoms with Crippen LogP contribution in [0.15, 0.2) is 47.6 Å². The molecule has 0 saturated carbocycles. The molecule has 0 saturated heterocycles. The highest BCUT2D eigenvalue weighted by Crippen LogP contribution is 2.36. The predicted octanol–water partition coefficient (Wildman–Crippen LogP) is 4.08. The zero-order valence-electron chi connectivity index (χ0n) is 15.5. The maximum Gasteiger partial charge on any atom is 0.196 e. The number of pyridine rings is 1. The van der Waals surface area contributed by atoms with Gasteiger partial charge in [0.05, 0.1) is 11.3 Å². The lowest BCUT2D eigenvalue weighted by molar-refractivity contribution is 0.102. The zero-order chi connectivity index (χ0) is 20.0. The number of carbonyl (C=O) groups is 1. The smallest absolute Gasteiger partial charge is 0.196 e. The second-order valence-electron chi connectivity index (χ2n) is 6.74. The van der Waals surface area contributed by atoms with Crippen molar-refractivity contribution in [3.05, 3.63) is 59.4 Å². The lowest BCUT2D eigenvalue weighted by atomic mass is 10.1. The van der Waals surface area contributed by atoms with Gasteiger partial charge in [-0.1, -0.05) is 11.8 Å². The van der Waals surface area contributed by atoms with Crippen molar-refractivity contribution in [3.63, 3.8) is 0 Å². The lowest BCUT2D eigenvalue weighted by Gasteiger charge is -2.19. The summed E-state index contributed by atoms with van der Waals surface area (Å²) in [5.41, 5.74) is 3.05. The fraction of sp³-hybridized carbons (Fsp3) is 0.190. The van der Waals surface area contributed by atoms with Gasteiger partial charge < -0.3 is 9.47 Å². The van der Waals surface area contributed by atoms with Gasteiger partial charge in [0.15, 0.2) is 28.1 Å². The first-order chi connectivity index (χ1) is 14.1. The van der Waals surface area contributed by atoms with Crippen molar-refractivity contribution in [1.82, 2.24) is 14.6 Å². The number of thioether (sulfide) groups is 1.